The van der Waals surface area contributed by atoms with Crippen LogP contribution in [0.4, 0.5) is 4.79 Å². The number of hydrogen-bond donors (Lipinski definition) is 1. The van der Waals surface area contributed by atoms with E-state index in [0.29, 0.717) is 19.7 Å². The maximum Gasteiger partial charge on any atom is 0.407 e. The largest absolute Gasteiger partial charge is 0.465 e. The molecular weight excluding hydrogens is 248 g/mol. The van der Waals surface area contributed by atoms with E-state index in [1.807, 2.05) is 20.8 Å². The number of carboxylic acid groups (broad SMARTS) is 1. The topological polar surface area (TPSA) is 70.1 Å². The highest BCUT2D eigenvalue weighted by molar-refractivity contribution is 5.75. The molecule has 0 spiro atoms. The Labute approximate surface area is 114 Å². The van der Waals surface area contributed by atoms with Crippen LogP contribution in [0.1, 0.15) is 27.7 Å². The molecule has 1 aliphatic heterocycles. The summed E-state index contributed by atoms with van der Waals surface area (Å²) in [5.41, 5.74) is -0.189. The van der Waals surface area contributed by atoms with Crippen molar-refractivity contribution >= 4 is 12.0 Å². The molecule has 0 saturated carbocycles. The van der Waals surface area contributed by atoms with Crippen molar-refractivity contribution in [2.45, 2.75) is 39.8 Å². The highest BCUT2D eigenvalue weighted by atomic mass is 16.5. The fraction of sp³-hybridized carbons (Fsp3) is 0.846. The molecule has 6 heteroatoms. The van der Waals surface area contributed by atoms with Crippen LogP contribution in [0, 0.1) is 5.41 Å². The molecule has 1 aliphatic rings. The number of carbonyl (C=O) groups is 2. The van der Waals surface area contributed by atoms with Gasteiger partial charge in [0.05, 0.1) is 18.7 Å². The molecule has 0 aliphatic carbocycles. The molecule has 0 aromatic rings. The van der Waals surface area contributed by atoms with Crippen molar-refractivity contribution in [1.29, 1.82) is 0 Å². The molecule has 110 valence electrons. The van der Waals surface area contributed by atoms with Gasteiger partial charge in [-0.3, -0.25) is 4.79 Å². The minimum absolute atomic E-state index is 0.0352. The predicted molar refractivity (Wildman–Crippen MR) is 71.0 cm³/mol. The molecule has 1 fully saturated rings. The molecule has 2 amide bonds. The second kappa shape index (κ2) is 5.77. The van der Waals surface area contributed by atoms with E-state index in [0.717, 1.165) is 0 Å². The number of methoxy groups -OCH3 is 1. The van der Waals surface area contributed by atoms with Crippen molar-refractivity contribution in [3.63, 3.8) is 0 Å². The fourth-order valence-electron chi connectivity index (χ4n) is 2.62. The molecule has 2 unspecified atom stereocenters. The van der Waals surface area contributed by atoms with E-state index in [9.17, 15) is 14.7 Å². The van der Waals surface area contributed by atoms with Crippen LogP contribution >= 0.6 is 0 Å². The Hall–Kier alpha value is -1.30. The van der Waals surface area contributed by atoms with Gasteiger partial charge in [-0.1, -0.05) is 20.8 Å². The molecule has 0 aromatic carbocycles. The Balaban J connectivity index is 3.07. The van der Waals surface area contributed by atoms with Gasteiger partial charge in [0.2, 0.25) is 5.91 Å². The number of nitrogens with zero attached hydrogens (tertiary/aromatic N) is 2. The van der Waals surface area contributed by atoms with E-state index >= 15 is 0 Å². The summed E-state index contributed by atoms with van der Waals surface area (Å²) in [6.07, 6.45) is -0.946. The van der Waals surface area contributed by atoms with E-state index in [1.54, 1.807) is 12.0 Å². The Kier molecular flexibility index (Phi) is 4.79. The molecular formula is C13H24N2O4. The SMILES string of the molecule is COCC1CN(C(=O)O)CC(C(C)(C)C)N1C(C)=O. The summed E-state index contributed by atoms with van der Waals surface area (Å²) in [6.45, 7) is 8.57. The van der Waals surface area contributed by atoms with Crippen LogP contribution in [0.5, 0.6) is 0 Å². The summed E-state index contributed by atoms with van der Waals surface area (Å²) in [5, 5.41) is 9.21. The second-order valence-corrected chi connectivity index (χ2v) is 6.10. The van der Waals surface area contributed by atoms with Crippen LogP contribution < -0.4 is 0 Å². The van der Waals surface area contributed by atoms with Crippen molar-refractivity contribution in [3.05, 3.63) is 0 Å². The van der Waals surface area contributed by atoms with Gasteiger partial charge in [0, 0.05) is 27.1 Å². The molecule has 0 bridgehead atoms. The van der Waals surface area contributed by atoms with Gasteiger partial charge in [-0.25, -0.2) is 4.79 Å². The van der Waals surface area contributed by atoms with Gasteiger partial charge >= 0.3 is 6.09 Å². The molecule has 0 radical (unpaired) electrons. The minimum atomic E-state index is -0.946. The van der Waals surface area contributed by atoms with Crippen molar-refractivity contribution in [2.75, 3.05) is 26.8 Å². The smallest absolute Gasteiger partial charge is 0.407 e. The van der Waals surface area contributed by atoms with E-state index < -0.39 is 6.09 Å². The average Bonchev–Trinajstić information content (AvgIpc) is 2.26. The van der Waals surface area contributed by atoms with Crippen LogP contribution in [-0.2, 0) is 9.53 Å². The Morgan fingerprint density at radius 2 is 1.89 bits per heavy atom. The van der Waals surface area contributed by atoms with Crippen LogP contribution in [0.25, 0.3) is 0 Å². The Morgan fingerprint density at radius 3 is 2.26 bits per heavy atom. The van der Waals surface area contributed by atoms with E-state index in [1.165, 1.54) is 11.8 Å². The first-order chi connectivity index (χ1) is 8.68. The monoisotopic (exact) mass is 272 g/mol. The Bertz CT molecular complexity index is 351. The number of amides is 2. The van der Waals surface area contributed by atoms with Gasteiger partial charge in [0.15, 0.2) is 0 Å². The van der Waals surface area contributed by atoms with Crippen molar-refractivity contribution < 1.29 is 19.4 Å². The minimum Gasteiger partial charge on any atom is -0.465 e. The number of piperazine rings is 1. The molecule has 0 aromatic heterocycles. The van der Waals surface area contributed by atoms with Gasteiger partial charge in [-0.05, 0) is 5.41 Å². The summed E-state index contributed by atoms with van der Waals surface area (Å²) in [6, 6.07) is -0.369. The first kappa shape index (κ1) is 15.8. The van der Waals surface area contributed by atoms with Crippen molar-refractivity contribution in [2.24, 2.45) is 5.41 Å². The summed E-state index contributed by atoms with van der Waals surface area (Å²) >= 11 is 0. The zero-order valence-electron chi connectivity index (χ0n) is 12.3. The third-order valence-corrected chi connectivity index (χ3v) is 3.55. The third kappa shape index (κ3) is 3.59. The fourth-order valence-corrected chi connectivity index (χ4v) is 2.62. The van der Waals surface area contributed by atoms with Crippen LogP contribution in [0.2, 0.25) is 0 Å². The van der Waals surface area contributed by atoms with Gasteiger partial charge in [0.25, 0.3) is 0 Å². The van der Waals surface area contributed by atoms with Crippen molar-refractivity contribution in [1.82, 2.24) is 9.80 Å². The third-order valence-electron chi connectivity index (χ3n) is 3.55. The normalized spacial score (nSPS) is 24.5. The first-order valence-electron chi connectivity index (χ1n) is 6.44. The summed E-state index contributed by atoms with van der Waals surface area (Å²) in [7, 11) is 1.56. The summed E-state index contributed by atoms with van der Waals surface area (Å²) in [4.78, 5) is 26.3. The zero-order valence-corrected chi connectivity index (χ0v) is 12.3. The van der Waals surface area contributed by atoms with E-state index in [4.69, 9.17) is 4.74 Å². The molecule has 6 nitrogen and oxygen atoms in total. The number of rotatable bonds is 2. The van der Waals surface area contributed by atoms with E-state index in [2.05, 4.69) is 0 Å². The molecule has 1 saturated heterocycles. The first-order valence-corrected chi connectivity index (χ1v) is 6.44. The second-order valence-electron chi connectivity index (χ2n) is 6.10. The molecule has 1 heterocycles. The molecule has 2 atom stereocenters. The predicted octanol–water partition coefficient (Wildman–Crippen LogP) is 1.26. The molecule has 1 N–H and O–H groups in total. The lowest BCUT2D eigenvalue weighted by Gasteiger charge is -2.50. The Morgan fingerprint density at radius 1 is 1.32 bits per heavy atom. The maximum absolute atomic E-state index is 11.9. The quantitative estimate of drug-likeness (QED) is 0.821. The van der Waals surface area contributed by atoms with Gasteiger partial charge in [0.1, 0.15) is 0 Å². The lowest BCUT2D eigenvalue weighted by molar-refractivity contribution is -0.143. The lowest BCUT2D eigenvalue weighted by atomic mass is 9.83. The summed E-state index contributed by atoms with van der Waals surface area (Å²) < 4.78 is 5.14. The maximum atomic E-state index is 11.9. The summed E-state index contributed by atoms with van der Waals surface area (Å²) in [5.74, 6) is -0.0352. The molecule has 19 heavy (non-hydrogen) atoms. The van der Waals surface area contributed by atoms with Crippen LogP contribution in [0.3, 0.4) is 0 Å². The lowest BCUT2D eigenvalue weighted by Crippen LogP contribution is -2.65. The number of carbonyl (C=O) groups excluding carboxylic acids is 1. The van der Waals surface area contributed by atoms with Gasteiger partial charge in [-0.15, -0.1) is 0 Å². The van der Waals surface area contributed by atoms with Gasteiger partial charge in [-0.2, -0.15) is 0 Å². The van der Waals surface area contributed by atoms with Crippen molar-refractivity contribution in [3.8, 4) is 0 Å². The number of hydrogen-bond acceptors (Lipinski definition) is 3. The van der Waals surface area contributed by atoms with Crippen LogP contribution in [-0.4, -0.2) is 65.8 Å². The highest BCUT2D eigenvalue weighted by Gasteiger charge is 2.43. The number of ether oxygens (including phenoxy) is 1. The average molecular weight is 272 g/mol. The van der Waals surface area contributed by atoms with E-state index in [-0.39, 0.29) is 23.4 Å². The molecule has 1 rings (SSSR count). The van der Waals surface area contributed by atoms with Gasteiger partial charge < -0.3 is 19.6 Å². The standard InChI is InChI=1S/C13H24N2O4/c1-9(16)15-10(8-19-5)6-14(12(17)18)7-11(15)13(2,3)4/h10-11H,6-8H2,1-5H3,(H,17,18). The highest BCUT2D eigenvalue weighted by Crippen LogP contribution is 2.30. The zero-order chi connectivity index (χ0) is 14.8. The van der Waals surface area contributed by atoms with Crippen LogP contribution in [0.15, 0.2) is 0 Å².